The number of carbonyl (C=O) groups excluding carboxylic acids is 3. The van der Waals surface area contributed by atoms with Gasteiger partial charge in [0.2, 0.25) is 5.91 Å². The van der Waals surface area contributed by atoms with E-state index in [9.17, 15) is 24.5 Å². The molecule has 2 unspecified atom stereocenters. The molecule has 0 fully saturated rings. The number of nitrogens with one attached hydrogen (secondary N) is 2. The van der Waals surface area contributed by atoms with Gasteiger partial charge in [-0.15, -0.1) is 0 Å². The van der Waals surface area contributed by atoms with Gasteiger partial charge in [0.15, 0.2) is 5.75 Å². The lowest BCUT2D eigenvalue weighted by Gasteiger charge is -2.19. The summed E-state index contributed by atoms with van der Waals surface area (Å²) in [5, 5.41) is 17.1. The lowest BCUT2D eigenvalue weighted by Crippen LogP contribution is -2.19. The van der Waals surface area contributed by atoms with Crippen LogP contribution in [-0.4, -0.2) is 41.5 Å². The number of nitrogens with two attached hydrogens (primary N) is 1. The van der Waals surface area contributed by atoms with Crippen molar-refractivity contribution in [1.82, 2.24) is 0 Å². The molecule has 0 aliphatic carbocycles. The van der Waals surface area contributed by atoms with Crippen LogP contribution in [-0.2, 0) is 0 Å². The van der Waals surface area contributed by atoms with Crippen molar-refractivity contribution in [1.29, 1.82) is 0 Å². The van der Waals surface area contributed by atoms with Crippen LogP contribution in [0.25, 0.3) is 0 Å². The third kappa shape index (κ3) is 9.43. The molecular formula is C33H40N4O8. The van der Waals surface area contributed by atoms with Crippen LogP contribution < -0.4 is 30.6 Å². The molecule has 0 aromatic heterocycles. The molecule has 0 aliphatic heterocycles. The fraction of sp³-hybridized carbons (Fsp3) is 0.364. The molecule has 0 aliphatic rings. The number of nitrogens with zero attached hydrogens (tertiary/aromatic N) is 1. The normalized spacial score (nSPS) is 12.2. The van der Waals surface area contributed by atoms with Gasteiger partial charge < -0.3 is 30.6 Å². The summed E-state index contributed by atoms with van der Waals surface area (Å²) < 4.78 is 17.6. The molecule has 12 heteroatoms. The molecule has 0 radical (unpaired) electrons. The zero-order valence-electron chi connectivity index (χ0n) is 26.3. The lowest BCUT2D eigenvalue weighted by molar-refractivity contribution is -0.385. The Hall–Kier alpha value is -5.13. The van der Waals surface area contributed by atoms with E-state index >= 15 is 0 Å². The molecule has 12 nitrogen and oxygen atoms in total. The number of amides is 3. The highest BCUT2D eigenvalue weighted by molar-refractivity contribution is 6.08. The summed E-state index contributed by atoms with van der Waals surface area (Å²) in [4.78, 5) is 49.3. The first-order valence-electron chi connectivity index (χ1n) is 14.8. The molecule has 3 aromatic rings. The molecule has 0 saturated heterocycles. The Morgan fingerprint density at radius 1 is 0.756 bits per heavy atom. The molecule has 4 N–H and O–H groups in total. The second kappa shape index (κ2) is 15.6. The van der Waals surface area contributed by atoms with Gasteiger partial charge in [0.05, 0.1) is 35.1 Å². The lowest BCUT2D eigenvalue weighted by atomic mass is 10.1. The Balaban J connectivity index is 1.91. The van der Waals surface area contributed by atoms with Crippen molar-refractivity contribution in [3.8, 4) is 17.2 Å². The van der Waals surface area contributed by atoms with Gasteiger partial charge in [-0.3, -0.25) is 24.5 Å². The van der Waals surface area contributed by atoms with Crippen LogP contribution >= 0.6 is 0 Å². The van der Waals surface area contributed by atoms with Gasteiger partial charge in [-0.2, -0.15) is 0 Å². The number of rotatable bonds is 15. The van der Waals surface area contributed by atoms with Gasteiger partial charge in [-0.1, -0.05) is 27.7 Å². The molecule has 2 atom stereocenters. The molecular weight excluding hydrogens is 580 g/mol. The smallest absolute Gasteiger partial charge is 0.310 e. The summed E-state index contributed by atoms with van der Waals surface area (Å²) in [7, 11) is 0. The van der Waals surface area contributed by atoms with Crippen molar-refractivity contribution in [2.24, 2.45) is 11.7 Å². The Bertz CT molecular complexity index is 1560. The Labute approximate surface area is 262 Å². The number of nitro benzene ring substituents is 1. The molecule has 3 aromatic carbocycles. The third-order valence-electron chi connectivity index (χ3n) is 6.80. The minimum Gasteiger partial charge on any atom is -0.489 e. The fourth-order valence-corrected chi connectivity index (χ4v) is 3.91. The summed E-state index contributed by atoms with van der Waals surface area (Å²) in [6.45, 7) is 11.7. The number of anilines is 2. The van der Waals surface area contributed by atoms with Gasteiger partial charge in [0, 0.05) is 28.8 Å². The second-order valence-corrected chi connectivity index (χ2v) is 11.0. The van der Waals surface area contributed by atoms with Crippen molar-refractivity contribution < 1.29 is 33.5 Å². The first kappa shape index (κ1) is 34.4. The molecule has 0 spiro atoms. The predicted octanol–water partition coefficient (Wildman–Crippen LogP) is 6.59. The zero-order valence-corrected chi connectivity index (χ0v) is 26.3. The molecule has 0 heterocycles. The van der Waals surface area contributed by atoms with E-state index in [0.29, 0.717) is 30.0 Å². The fourth-order valence-electron chi connectivity index (χ4n) is 3.91. The van der Waals surface area contributed by atoms with E-state index in [1.807, 2.05) is 41.5 Å². The topological polar surface area (TPSA) is 172 Å². The number of hydrogen-bond donors (Lipinski definition) is 3. The quantitative estimate of drug-likeness (QED) is 0.126. The zero-order chi connectivity index (χ0) is 33.3. The van der Waals surface area contributed by atoms with Crippen molar-refractivity contribution in [3.63, 3.8) is 0 Å². The van der Waals surface area contributed by atoms with Crippen LogP contribution in [0, 0.1) is 16.0 Å². The monoisotopic (exact) mass is 620 g/mol. The van der Waals surface area contributed by atoms with E-state index in [-0.39, 0.29) is 58.6 Å². The summed E-state index contributed by atoms with van der Waals surface area (Å²) in [6.07, 6.45) is 0.928. The van der Waals surface area contributed by atoms with Crippen LogP contribution in [0.2, 0.25) is 0 Å². The van der Waals surface area contributed by atoms with E-state index in [1.165, 1.54) is 42.5 Å². The van der Waals surface area contributed by atoms with E-state index in [0.717, 1.165) is 0 Å². The van der Waals surface area contributed by atoms with Crippen LogP contribution in [0.4, 0.5) is 17.1 Å². The molecule has 0 saturated carbocycles. The highest BCUT2D eigenvalue weighted by Gasteiger charge is 2.21. The minimum atomic E-state index is -0.626. The number of carbonyl (C=O) groups is 3. The number of primary amides is 1. The number of benzene rings is 3. The van der Waals surface area contributed by atoms with E-state index in [2.05, 4.69) is 10.6 Å². The number of nitro groups is 1. The maximum Gasteiger partial charge on any atom is 0.310 e. The highest BCUT2D eigenvalue weighted by atomic mass is 16.6. The predicted molar refractivity (Wildman–Crippen MR) is 171 cm³/mol. The average Bonchev–Trinajstić information content (AvgIpc) is 3.00. The third-order valence-corrected chi connectivity index (χ3v) is 6.80. The maximum atomic E-state index is 13.4. The second-order valence-electron chi connectivity index (χ2n) is 11.0. The number of ether oxygens (including phenoxy) is 3. The van der Waals surface area contributed by atoms with E-state index < -0.39 is 22.6 Å². The molecule has 45 heavy (non-hydrogen) atoms. The molecule has 240 valence electrons. The minimum absolute atomic E-state index is 0.00927. The van der Waals surface area contributed by atoms with Crippen LogP contribution in [0.15, 0.2) is 54.6 Å². The van der Waals surface area contributed by atoms with Crippen molar-refractivity contribution >= 4 is 34.8 Å². The van der Waals surface area contributed by atoms with Gasteiger partial charge in [-0.05, 0) is 75.1 Å². The van der Waals surface area contributed by atoms with Crippen LogP contribution in [0.3, 0.4) is 0 Å². The molecule has 3 amide bonds. The average molecular weight is 621 g/mol. The Kier molecular flexibility index (Phi) is 11.9. The van der Waals surface area contributed by atoms with Crippen LogP contribution in [0.5, 0.6) is 17.2 Å². The van der Waals surface area contributed by atoms with E-state index in [4.69, 9.17) is 19.9 Å². The maximum absolute atomic E-state index is 13.4. The molecule has 0 bridgehead atoms. The standard InChI is InChI=1S/C33H40N4O8/c1-7-20(5)44-28-15-22(31(34)38)9-12-25(28)35-32(39)23-10-13-26(29(16-23)45-21(6)8-2)36-33(40)24-11-14-27(37(41)42)30(17-24)43-18-19(3)4/h9-17,19-21H,7-8,18H2,1-6H3,(H2,34,38)(H,35,39)(H,36,40). The van der Waals surface area contributed by atoms with Gasteiger partial charge in [-0.25, -0.2) is 0 Å². The van der Waals surface area contributed by atoms with Gasteiger partial charge in [0.1, 0.15) is 11.5 Å². The largest absolute Gasteiger partial charge is 0.489 e. The molecule has 3 rings (SSSR count). The van der Waals surface area contributed by atoms with Gasteiger partial charge >= 0.3 is 5.69 Å². The highest BCUT2D eigenvalue weighted by Crippen LogP contribution is 2.32. The van der Waals surface area contributed by atoms with Gasteiger partial charge in [0.25, 0.3) is 11.8 Å². The summed E-state index contributed by atoms with van der Waals surface area (Å²) in [5.74, 6) is -0.995. The summed E-state index contributed by atoms with van der Waals surface area (Å²) in [5.41, 5.74) is 6.45. The van der Waals surface area contributed by atoms with Crippen molar-refractivity contribution in [2.75, 3.05) is 17.2 Å². The SMILES string of the molecule is CCC(C)Oc1cc(C(N)=O)ccc1NC(=O)c1ccc(NC(=O)c2ccc([N+](=O)[O-])c(OCC(C)C)c2)c(OC(C)CC)c1. The van der Waals surface area contributed by atoms with Crippen molar-refractivity contribution in [3.05, 3.63) is 81.4 Å². The van der Waals surface area contributed by atoms with Crippen LogP contribution in [0.1, 0.15) is 85.5 Å². The first-order chi connectivity index (χ1) is 21.3. The summed E-state index contributed by atoms with van der Waals surface area (Å²) in [6, 6.07) is 13.0. The number of hydrogen-bond acceptors (Lipinski definition) is 8. The first-order valence-corrected chi connectivity index (χ1v) is 14.8. The van der Waals surface area contributed by atoms with Crippen molar-refractivity contribution in [2.45, 2.75) is 66.6 Å². The Morgan fingerprint density at radius 2 is 1.20 bits per heavy atom. The Morgan fingerprint density at radius 3 is 1.64 bits per heavy atom. The summed E-state index contributed by atoms with van der Waals surface area (Å²) >= 11 is 0. The van der Waals surface area contributed by atoms with E-state index in [1.54, 1.807) is 12.1 Å².